The van der Waals surface area contributed by atoms with Crippen molar-refractivity contribution < 1.29 is 9.53 Å². The number of nitrogens with two attached hydrogens (primary N) is 1. The van der Waals surface area contributed by atoms with Crippen LogP contribution in [0.4, 0.5) is 17.5 Å². The van der Waals surface area contributed by atoms with E-state index in [1.165, 1.54) is 11.6 Å². The number of nitrogens with zero attached hydrogens (tertiary/aromatic N) is 4. The Kier molecular flexibility index (Phi) is 7.01. The van der Waals surface area contributed by atoms with Crippen molar-refractivity contribution in [1.82, 2.24) is 20.3 Å². The molecule has 0 saturated carbocycles. The van der Waals surface area contributed by atoms with Crippen LogP contribution in [0.5, 0.6) is 0 Å². The number of benzene rings is 1. The van der Waals surface area contributed by atoms with E-state index in [1.54, 1.807) is 12.4 Å². The molecule has 4 N–H and O–H groups in total. The molecule has 2 aliphatic heterocycles. The lowest BCUT2D eigenvalue weighted by Gasteiger charge is -2.29. The van der Waals surface area contributed by atoms with Gasteiger partial charge in [0, 0.05) is 43.3 Å². The van der Waals surface area contributed by atoms with Gasteiger partial charge in [0.25, 0.3) is 0 Å². The molecule has 0 spiro atoms. The van der Waals surface area contributed by atoms with Gasteiger partial charge < -0.3 is 26.0 Å². The van der Waals surface area contributed by atoms with Gasteiger partial charge in [-0.25, -0.2) is 15.0 Å². The summed E-state index contributed by atoms with van der Waals surface area (Å²) in [5.41, 5.74) is 11.5. The molecule has 2 aliphatic rings. The zero-order valence-electron chi connectivity index (χ0n) is 20.0. The van der Waals surface area contributed by atoms with Crippen LogP contribution in [0.2, 0.25) is 0 Å². The van der Waals surface area contributed by atoms with Crippen molar-refractivity contribution in [2.24, 2.45) is 0 Å². The third-order valence-corrected chi connectivity index (χ3v) is 6.31. The Morgan fingerprint density at radius 1 is 1.17 bits per heavy atom. The maximum atomic E-state index is 11.7. The highest BCUT2D eigenvalue weighted by atomic mass is 16.5. The van der Waals surface area contributed by atoms with Crippen molar-refractivity contribution in [2.45, 2.75) is 12.5 Å². The smallest absolute Gasteiger partial charge is 0.247 e. The fraction of sp³-hybridized carbons (Fsp3) is 0.259. The summed E-state index contributed by atoms with van der Waals surface area (Å²) in [6.45, 7) is 7.30. The van der Waals surface area contributed by atoms with E-state index in [1.807, 2.05) is 18.2 Å². The number of morpholine rings is 1. The van der Waals surface area contributed by atoms with E-state index in [2.05, 4.69) is 56.4 Å². The number of rotatable bonds is 6. The van der Waals surface area contributed by atoms with Crippen LogP contribution in [-0.4, -0.2) is 53.7 Å². The van der Waals surface area contributed by atoms with Gasteiger partial charge >= 0.3 is 0 Å². The van der Waals surface area contributed by atoms with Gasteiger partial charge in [0.15, 0.2) is 0 Å². The Bertz CT molecular complexity index is 1280. The molecule has 9 heteroatoms. The first-order valence-electron chi connectivity index (χ1n) is 12.0. The zero-order chi connectivity index (χ0) is 24.9. The van der Waals surface area contributed by atoms with Crippen LogP contribution >= 0.6 is 0 Å². The molecule has 1 aromatic carbocycles. The normalized spacial score (nSPS) is 17.8. The third-order valence-electron chi connectivity index (χ3n) is 6.31. The van der Waals surface area contributed by atoms with Crippen LogP contribution in [-0.2, 0) is 9.53 Å². The van der Waals surface area contributed by atoms with Crippen molar-refractivity contribution >= 4 is 28.9 Å². The predicted molar refractivity (Wildman–Crippen MR) is 141 cm³/mol. The molecule has 5 rings (SSSR count). The number of aromatic nitrogens is 3. The van der Waals surface area contributed by atoms with E-state index < -0.39 is 0 Å². The number of nitrogens with one attached hydrogen (secondary N) is 2. The minimum Gasteiger partial charge on any atom is -0.378 e. The summed E-state index contributed by atoms with van der Waals surface area (Å²) in [6.07, 6.45) is 7.82. The number of anilines is 3. The molecule has 1 atom stereocenters. The van der Waals surface area contributed by atoms with Gasteiger partial charge in [0.2, 0.25) is 11.9 Å². The quantitative estimate of drug-likeness (QED) is 0.458. The minimum atomic E-state index is -0.230. The summed E-state index contributed by atoms with van der Waals surface area (Å²) in [5.74, 6) is 0.915. The average Bonchev–Trinajstić information content (AvgIpc) is 2.94. The van der Waals surface area contributed by atoms with E-state index >= 15 is 0 Å². The molecular weight excluding hydrogens is 454 g/mol. The van der Waals surface area contributed by atoms with Gasteiger partial charge in [0.05, 0.1) is 24.9 Å². The molecule has 1 amide bonds. The average molecular weight is 484 g/mol. The molecule has 0 aliphatic carbocycles. The fourth-order valence-corrected chi connectivity index (χ4v) is 4.44. The van der Waals surface area contributed by atoms with Crippen LogP contribution < -0.4 is 21.3 Å². The molecule has 1 fully saturated rings. The van der Waals surface area contributed by atoms with Gasteiger partial charge in [-0.15, -0.1) is 0 Å². The van der Waals surface area contributed by atoms with Crippen LogP contribution in [0.15, 0.2) is 67.5 Å². The Hall–Kier alpha value is -4.08. The molecule has 0 bridgehead atoms. The maximum Gasteiger partial charge on any atom is 0.247 e. The molecule has 1 unspecified atom stereocenters. The topological polar surface area (TPSA) is 118 Å². The van der Waals surface area contributed by atoms with E-state index in [-0.39, 0.29) is 17.9 Å². The van der Waals surface area contributed by atoms with Gasteiger partial charge in [-0.1, -0.05) is 24.8 Å². The van der Waals surface area contributed by atoms with E-state index in [4.69, 9.17) is 15.5 Å². The van der Waals surface area contributed by atoms with E-state index in [0.29, 0.717) is 13.2 Å². The Labute approximate surface area is 210 Å². The molecule has 3 aromatic rings. The Morgan fingerprint density at radius 2 is 1.97 bits per heavy atom. The lowest BCUT2D eigenvalue weighted by Crippen LogP contribution is -2.36. The largest absolute Gasteiger partial charge is 0.378 e. The second kappa shape index (κ2) is 10.7. The first-order valence-corrected chi connectivity index (χ1v) is 12.0. The number of ether oxygens (including phenoxy) is 1. The van der Waals surface area contributed by atoms with Crippen molar-refractivity contribution in [1.29, 1.82) is 0 Å². The number of pyridine rings is 1. The molecule has 0 radical (unpaired) electrons. The maximum absolute atomic E-state index is 11.7. The van der Waals surface area contributed by atoms with Crippen molar-refractivity contribution in [3.05, 3.63) is 78.6 Å². The number of hydrogen-bond acceptors (Lipinski definition) is 8. The summed E-state index contributed by atoms with van der Waals surface area (Å²) in [4.78, 5) is 27.2. The fourth-order valence-electron chi connectivity index (χ4n) is 4.44. The van der Waals surface area contributed by atoms with Crippen LogP contribution in [0, 0.1) is 0 Å². The number of amides is 1. The highest BCUT2D eigenvalue weighted by Gasteiger charge is 2.20. The molecular formula is C27H29N7O2. The van der Waals surface area contributed by atoms with Crippen molar-refractivity contribution in [3.8, 4) is 11.3 Å². The molecule has 184 valence electrons. The first kappa shape index (κ1) is 23.7. The van der Waals surface area contributed by atoms with Crippen LogP contribution in [0.25, 0.3) is 16.8 Å². The molecule has 1 saturated heterocycles. The van der Waals surface area contributed by atoms with Crippen LogP contribution in [0.1, 0.15) is 23.6 Å². The molecule has 4 heterocycles. The molecule has 9 nitrogen and oxygen atoms in total. The highest BCUT2D eigenvalue weighted by molar-refractivity contribution is 5.98. The van der Waals surface area contributed by atoms with Gasteiger partial charge in [-0.05, 0) is 53.5 Å². The zero-order valence-corrected chi connectivity index (χ0v) is 20.0. The highest BCUT2D eigenvalue weighted by Crippen LogP contribution is 2.32. The van der Waals surface area contributed by atoms with E-state index in [9.17, 15) is 4.79 Å². The lowest BCUT2D eigenvalue weighted by molar-refractivity contribution is -0.111. The molecule has 2 aromatic heterocycles. The van der Waals surface area contributed by atoms with Gasteiger partial charge in [0.1, 0.15) is 5.82 Å². The predicted octanol–water partition coefficient (Wildman–Crippen LogP) is 3.20. The summed E-state index contributed by atoms with van der Waals surface area (Å²) in [7, 11) is 0. The Balaban J connectivity index is 1.50. The summed E-state index contributed by atoms with van der Waals surface area (Å²) >= 11 is 0. The van der Waals surface area contributed by atoms with Gasteiger partial charge in [-0.2, -0.15) is 0 Å². The SMILES string of the molecule is C=CC(=O)Nc1cccc(C2C=C(c3cc(-c4cnc(N)nc4)nc(N4CCOCC4)c3)CCN2)c1. The second-order valence-corrected chi connectivity index (χ2v) is 8.72. The Morgan fingerprint density at radius 3 is 2.75 bits per heavy atom. The first-order chi connectivity index (χ1) is 17.6. The number of carbonyl (C=O) groups is 1. The monoisotopic (exact) mass is 483 g/mol. The van der Waals surface area contributed by atoms with E-state index in [0.717, 1.165) is 59.9 Å². The number of hydrogen-bond donors (Lipinski definition) is 3. The molecule has 36 heavy (non-hydrogen) atoms. The van der Waals surface area contributed by atoms with Crippen molar-refractivity contribution in [2.75, 3.05) is 48.8 Å². The van der Waals surface area contributed by atoms with Crippen molar-refractivity contribution in [3.63, 3.8) is 0 Å². The third kappa shape index (κ3) is 5.42. The second-order valence-electron chi connectivity index (χ2n) is 8.72. The minimum absolute atomic E-state index is 0.0117. The number of nitrogen functional groups attached to an aromatic ring is 1. The summed E-state index contributed by atoms with van der Waals surface area (Å²) in [5, 5.41) is 6.41. The lowest BCUT2D eigenvalue weighted by atomic mass is 9.93. The van der Waals surface area contributed by atoms with Crippen LogP contribution in [0.3, 0.4) is 0 Å². The summed E-state index contributed by atoms with van der Waals surface area (Å²) < 4.78 is 5.55. The number of carbonyl (C=O) groups excluding carboxylic acids is 1. The van der Waals surface area contributed by atoms with Gasteiger partial charge in [-0.3, -0.25) is 4.79 Å². The summed E-state index contributed by atoms with van der Waals surface area (Å²) in [6, 6.07) is 12.1. The standard InChI is InChI=1S/C27H29N7O2/c1-2-26(35)32-22-5-3-4-19(12-22)23-13-18(6-7-29-23)20-14-24(21-16-30-27(28)31-17-21)33-25(15-20)34-8-10-36-11-9-34/h2-5,12-17,23,29H,1,6-11H2,(H,32,35)(H2,28,30,31).